The van der Waals surface area contributed by atoms with Crippen LogP contribution in [0.3, 0.4) is 0 Å². The zero-order valence-corrected chi connectivity index (χ0v) is 16.0. The number of nitrogens with one attached hydrogen (secondary N) is 2. The predicted octanol–water partition coefficient (Wildman–Crippen LogP) is 0.135. The first kappa shape index (κ1) is 22.3. The Bertz CT molecular complexity index is 661. The van der Waals surface area contributed by atoms with Crippen molar-refractivity contribution in [3.8, 4) is 0 Å². The van der Waals surface area contributed by atoms with E-state index in [1.165, 1.54) is 4.90 Å². The summed E-state index contributed by atoms with van der Waals surface area (Å²) in [6, 6.07) is 7.01. The van der Waals surface area contributed by atoms with Crippen molar-refractivity contribution in [1.29, 1.82) is 0 Å². The highest BCUT2D eigenvalue weighted by molar-refractivity contribution is 6.38. The van der Waals surface area contributed by atoms with Crippen LogP contribution in [-0.2, 0) is 19.2 Å². The largest absolute Gasteiger partial charge is 0.347 e. The fourth-order valence-electron chi connectivity index (χ4n) is 2.37. The lowest BCUT2D eigenvalue weighted by atomic mass is 10.1. The van der Waals surface area contributed by atoms with Gasteiger partial charge in [-0.3, -0.25) is 19.2 Å². The van der Waals surface area contributed by atoms with E-state index in [0.717, 1.165) is 12.8 Å². The minimum Gasteiger partial charge on any atom is -0.347 e. The van der Waals surface area contributed by atoms with Crippen LogP contribution in [0.5, 0.6) is 0 Å². The van der Waals surface area contributed by atoms with E-state index in [2.05, 4.69) is 10.6 Å². The van der Waals surface area contributed by atoms with Gasteiger partial charge in [0.15, 0.2) is 0 Å². The fraction of sp³-hybridized carbons (Fsp3) is 0.474. The van der Waals surface area contributed by atoms with Gasteiger partial charge in [-0.2, -0.15) is 0 Å². The number of carbonyl (C=O) groups excluding carboxylic acids is 4. The number of hydrogen-bond donors (Lipinski definition) is 3. The third kappa shape index (κ3) is 7.18. The van der Waals surface area contributed by atoms with E-state index in [0.29, 0.717) is 12.0 Å². The Morgan fingerprint density at radius 1 is 1.11 bits per heavy atom. The van der Waals surface area contributed by atoms with Crippen molar-refractivity contribution in [3.63, 3.8) is 0 Å². The Morgan fingerprint density at radius 2 is 1.74 bits per heavy atom. The highest BCUT2D eigenvalue weighted by atomic mass is 16.2. The average molecular weight is 376 g/mol. The molecule has 0 aliphatic carbocycles. The molecule has 1 unspecified atom stereocenters. The highest BCUT2D eigenvalue weighted by Gasteiger charge is 2.25. The first-order chi connectivity index (χ1) is 12.8. The van der Waals surface area contributed by atoms with Crippen LogP contribution in [0.2, 0.25) is 0 Å². The molecule has 0 saturated carbocycles. The highest BCUT2D eigenvalue weighted by Crippen LogP contribution is 2.14. The first-order valence-electron chi connectivity index (χ1n) is 8.91. The number of benzene rings is 1. The molecule has 8 heteroatoms. The summed E-state index contributed by atoms with van der Waals surface area (Å²) in [4.78, 5) is 49.6. The Morgan fingerprint density at radius 3 is 2.30 bits per heavy atom. The van der Waals surface area contributed by atoms with Gasteiger partial charge in [0.2, 0.25) is 17.6 Å². The van der Waals surface area contributed by atoms with Crippen molar-refractivity contribution in [2.24, 2.45) is 5.73 Å². The number of ketones is 1. The van der Waals surface area contributed by atoms with Crippen LogP contribution >= 0.6 is 0 Å². The van der Waals surface area contributed by atoms with Gasteiger partial charge in [-0.25, -0.2) is 0 Å². The number of unbranched alkanes of at least 4 members (excludes halogenated alkanes) is 1. The second-order valence-corrected chi connectivity index (χ2v) is 6.44. The van der Waals surface area contributed by atoms with Crippen LogP contribution in [0.4, 0.5) is 0 Å². The normalized spacial score (nSPS) is 12.6. The maximum absolute atomic E-state index is 12.4. The standard InChI is InChI=1S/C19H28N4O4/c1-4-5-11-14(20)17(25)18(26)21-12-15(24)22-16(19(27)23(2)3)13-9-7-6-8-10-13/h6-10,14,16H,4-5,11-12,20H2,1-3H3,(H,21,26)(H,22,24)/t14?,16-/m0/s1. The summed E-state index contributed by atoms with van der Waals surface area (Å²) in [6.07, 6.45) is 2.03. The van der Waals surface area contributed by atoms with Crippen molar-refractivity contribution in [1.82, 2.24) is 15.5 Å². The van der Waals surface area contributed by atoms with Crippen LogP contribution < -0.4 is 16.4 Å². The molecule has 4 N–H and O–H groups in total. The minimum absolute atomic E-state index is 0.307. The van der Waals surface area contributed by atoms with Crippen LogP contribution in [0.25, 0.3) is 0 Å². The molecule has 2 atom stereocenters. The second-order valence-electron chi connectivity index (χ2n) is 6.44. The summed E-state index contributed by atoms with van der Waals surface area (Å²) in [5.74, 6) is -2.54. The van der Waals surface area contributed by atoms with E-state index in [1.54, 1.807) is 44.4 Å². The Hall–Kier alpha value is -2.74. The number of nitrogens with zero attached hydrogens (tertiary/aromatic N) is 1. The quantitative estimate of drug-likeness (QED) is 0.501. The van der Waals surface area contributed by atoms with Crippen molar-refractivity contribution < 1.29 is 19.2 Å². The van der Waals surface area contributed by atoms with E-state index < -0.39 is 36.2 Å². The fourth-order valence-corrected chi connectivity index (χ4v) is 2.37. The molecule has 0 heterocycles. The van der Waals surface area contributed by atoms with Gasteiger partial charge in [-0.1, -0.05) is 50.1 Å². The minimum atomic E-state index is -0.899. The molecule has 0 aliphatic heterocycles. The number of carbonyl (C=O) groups is 4. The number of rotatable bonds is 10. The monoisotopic (exact) mass is 376 g/mol. The SMILES string of the molecule is CCCCC(N)C(=O)C(=O)NCC(=O)N[C@H](C(=O)N(C)C)c1ccccc1. The van der Waals surface area contributed by atoms with Crippen LogP contribution in [-0.4, -0.2) is 55.1 Å². The van der Waals surface area contributed by atoms with Gasteiger partial charge in [-0.05, 0) is 12.0 Å². The molecule has 0 aliphatic rings. The number of amides is 3. The predicted molar refractivity (Wildman–Crippen MR) is 102 cm³/mol. The number of likely N-dealkylation sites (N-methyl/N-ethyl adjacent to an activating group) is 1. The second kappa shape index (κ2) is 11.1. The molecule has 1 aromatic rings. The lowest BCUT2D eigenvalue weighted by molar-refractivity contribution is -0.139. The molecule has 0 fully saturated rings. The van der Waals surface area contributed by atoms with Crippen LogP contribution in [0, 0.1) is 0 Å². The topological polar surface area (TPSA) is 122 Å². The molecule has 148 valence electrons. The summed E-state index contributed by atoms with van der Waals surface area (Å²) in [5.41, 5.74) is 6.30. The zero-order valence-electron chi connectivity index (χ0n) is 16.0. The molecule has 3 amide bonds. The van der Waals surface area contributed by atoms with E-state index in [1.807, 2.05) is 6.92 Å². The first-order valence-corrected chi connectivity index (χ1v) is 8.91. The Kier molecular flexibility index (Phi) is 9.15. The number of Topliss-reactive ketones (excluding diaryl/α,β-unsaturated/α-hetero) is 1. The molecule has 0 radical (unpaired) electrons. The molecule has 0 spiro atoms. The Labute approximate surface area is 159 Å². The molecule has 0 saturated heterocycles. The lowest BCUT2D eigenvalue weighted by Crippen LogP contribution is -2.47. The summed E-state index contributed by atoms with van der Waals surface area (Å²) in [6.45, 7) is 1.54. The van der Waals surface area contributed by atoms with Crippen LogP contribution in [0.1, 0.15) is 37.8 Å². The van der Waals surface area contributed by atoms with Crippen LogP contribution in [0.15, 0.2) is 30.3 Å². The molecule has 0 aromatic heterocycles. The third-order valence-electron chi connectivity index (χ3n) is 3.96. The van der Waals surface area contributed by atoms with Gasteiger partial charge >= 0.3 is 0 Å². The smallest absolute Gasteiger partial charge is 0.289 e. The molecule has 0 bridgehead atoms. The number of nitrogens with two attached hydrogens (primary N) is 1. The third-order valence-corrected chi connectivity index (χ3v) is 3.96. The molecule has 27 heavy (non-hydrogen) atoms. The van der Waals surface area contributed by atoms with Gasteiger partial charge in [-0.15, -0.1) is 0 Å². The number of hydrogen-bond acceptors (Lipinski definition) is 5. The lowest BCUT2D eigenvalue weighted by Gasteiger charge is -2.22. The van der Waals surface area contributed by atoms with E-state index in [4.69, 9.17) is 5.73 Å². The summed E-state index contributed by atoms with van der Waals surface area (Å²) < 4.78 is 0. The van der Waals surface area contributed by atoms with Crippen molar-refractivity contribution >= 4 is 23.5 Å². The summed E-state index contributed by atoms with van der Waals surface area (Å²) >= 11 is 0. The summed E-state index contributed by atoms with van der Waals surface area (Å²) in [7, 11) is 3.17. The molecular weight excluding hydrogens is 348 g/mol. The zero-order chi connectivity index (χ0) is 20.4. The van der Waals surface area contributed by atoms with E-state index >= 15 is 0 Å². The van der Waals surface area contributed by atoms with Gasteiger partial charge in [0.1, 0.15) is 6.04 Å². The van der Waals surface area contributed by atoms with Crippen molar-refractivity contribution in [3.05, 3.63) is 35.9 Å². The molecule has 8 nitrogen and oxygen atoms in total. The van der Waals surface area contributed by atoms with E-state index in [-0.39, 0.29) is 5.91 Å². The van der Waals surface area contributed by atoms with Gasteiger partial charge < -0.3 is 21.3 Å². The molecular formula is C19H28N4O4. The van der Waals surface area contributed by atoms with Gasteiger partial charge in [0.05, 0.1) is 12.6 Å². The maximum Gasteiger partial charge on any atom is 0.289 e. The molecule has 1 aromatic carbocycles. The van der Waals surface area contributed by atoms with E-state index in [9.17, 15) is 19.2 Å². The summed E-state index contributed by atoms with van der Waals surface area (Å²) in [5, 5.41) is 4.84. The Balaban J connectivity index is 2.65. The maximum atomic E-state index is 12.4. The van der Waals surface area contributed by atoms with Crippen molar-refractivity contribution in [2.45, 2.75) is 38.3 Å². The van der Waals surface area contributed by atoms with Gasteiger partial charge in [0.25, 0.3) is 5.91 Å². The average Bonchev–Trinajstić information content (AvgIpc) is 2.67. The molecule has 1 rings (SSSR count). The van der Waals surface area contributed by atoms with Gasteiger partial charge in [0, 0.05) is 14.1 Å². The van der Waals surface area contributed by atoms with Crippen molar-refractivity contribution in [2.75, 3.05) is 20.6 Å².